The number of aryl methyl sites for hydroxylation is 2. The zero-order chi connectivity index (χ0) is 10.8. The Kier molecular flexibility index (Phi) is 2.29. The van der Waals surface area contributed by atoms with Gasteiger partial charge < -0.3 is 15.6 Å². The zero-order valence-electron chi connectivity index (χ0n) is 8.61. The largest absolute Gasteiger partial charge is 0.397 e. The Morgan fingerprint density at radius 1 is 1.27 bits per heavy atom. The lowest BCUT2D eigenvalue weighted by atomic mass is 10.3. The quantitative estimate of drug-likeness (QED) is 0.782. The van der Waals surface area contributed by atoms with Gasteiger partial charge in [0.05, 0.1) is 11.4 Å². The third-order valence-electron chi connectivity index (χ3n) is 2.01. The average Bonchev–Trinajstić information content (AvgIpc) is 2.58. The van der Waals surface area contributed by atoms with E-state index in [1.54, 1.807) is 18.2 Å². The van der Waals surface area contributed by atoms with Crippen molar-refractivity contribution in [3.8, 4) is 0 Å². The minimum Gasteiger partial charge on any atom is -0.397 e. The summed E-state index contributed by atoms with van der Waals surface area (Å²) in [6.45, 7) is 3.69. The number of hydrogen-bond donors (Lipinski definition) is 2. The number of nitrogens with two attached hydrogens (primary N) is 1. The maximum atomic E-state index is 5.66. The van der Waals surface area contributed by atoms with E-state index in [-0.39, 0.29) is 0 Å². The lowest BCUT2D eigenvalue weighted by Gasteiger charge is -2.03. The Morgan fingerprint density at radius 2 is 2.07 bits per heavy atom. The summed E-state index contributed by atoms with van der Waals surface area (Å²) < 4.78 is 4.93. The molecule has 2 heterocycles. The summed E-state index contributed by atoms with van der Waals surface area (Å²) in [5, 5.41) is 6.83. The number of nitrogens with zero attached hydrogens (tertiary/aromatic N) is 2. The molecule has 0 spiro atoms. The molecule has 5 nitrogen and oxygen atoms in total. The molecule has 5 heteroatoms. The van der Waals surface area contributed by atoms with E-state index in [9.17, 15) is 0 Å². The first-order valence-electron chi connectivity index (χ1n) is 4.58. The zero-order valence-corrected chi connectivity index (χ0v) is 8.61. The predicted molar refractivity (Wildman–Crippen MR) is 57.9 cm³/mol. The van der Waals surface area contributed by atoms with Crippen LogP contribution in [0.2, 0.25) is 0 Å². The molecular weight excluding hydrogens is 192 g/mol. The number of hydrogen-bond acceptors (Lipinski definition) is 5. The van der Waals surface area contributed by atoms with Crippen LogP contribution in [-0.4, -0.2) is 10.1 Å². The molecule has 0 saturated carbocycles. The number of rotatable bonds is 2. The molecule has 0 aliphatic heterocycles. The molecular formula is C10H12N4O. The Morgan fingerprint density at radius 3 is 2.67 bits per heavy atom. The monoisotopic (exact) mass is 204 g/mol. The van der Waals surface area contributed by atoms with Crippen molar-refractivity contribution in [2.75, 3.05) is 11.1 Å². The molecule has 2 aromatic rings. The fraction of sp³-hybridized carbons (Fsp3) is 0.200. The van der Waals surface area contributed by atoms with Gasteiger partial charge in [-0.25, -0.2) is 4.98 Å². The van der Waals surface area contributed by atoms with Gasteiger partial charge in [0.2, 0.25) is 0 Å². The van der Waals surface area contributed by atoms with Crippen LogP contribution in [0.1, 0.15) is 11.5 Å². The number of nitrogens with one attached hydrogen (secondary N) is 1. The highest BCUT2D eigenvalue weighted by Gasteiger charge is 2.02. The number of aromatic nitrogens is 2. The van der Waals surface area contributed by atoms with Crippen LogP contribution in [0.3, 0.4) is 0 Å². The number of nitrogen functional groups attached to an aromatic ring is 1. The fourth-order valence-electron chi connectivity index (χ4n) is 1.20. The van der Waals surface area contributed by atoms with Crippen molar-refractivity contribution in [1.82, 2.24) is 10.1 Å². The normalized spacial score (nSPS) is 10.3. The van der Waals surface area contributed by atoms with Crippen molar-refractivity contribution in [2.45, 2.75) is 13.8 Å². The van der Waals surface area contributed by atoms with Crippen LogP contribution in [-0.2, 0) is 0 Å². The van der Waals surface area contributed by atoms with E-state index in [4.69, 9.17) is 10.3 Å². The van der Waals surface area contributed by atoms with Crippen LogP contribution in [0.5, 0.6) is 0 Å². The van der Waals surface area contributed by atoms with Crippen LogP contribution in [0, 0.1) is 13.8 Å². The molecule has 0 aromatic carbocycles. The molecule has 2 aromatic heterocycles. The van der Waals surface area contributed by atoms with E-state index < -0.39 is 0 Å². The van der Waals surface area contributed by atoms with Crippen molar-refractivity contribution < 1.29 is 4.52 Å². The molecule has 3 N–H and O–H groups in total. The molecule has 0 atom stereocenters. The van der Waals surface area contributed by atoms with Gasteiger partial charge in [-0.3, -0.25) is 0 Å². The van der Waals surface area contributed by atoms with Gasteiger partial charge in [-0.05, 0) is 26.0 Å². The molecule has 0 aliphatic carbocycles. The second-order valence-electron chi connectivity index (χ2n) is 3.32. The second-order valence-corrected chi connectivity index (χ2v) is 3.32. The van der Waals surface area contributed by atoms with E-state index in [0.717, 1.165) is 11.5 Å². The van der Waals surface area contributed by atoms with E-state index in [0.29, 0.717) is 17.3 Å². The molecule has 15 heavy (non-hydrogen) atoms. The van der Waals surface area contributed by atoms with Gasteiger partial charge in [-0.1, -0.05) is 5.16 Å². The summed E-state index contributed by atoms with van der Waals surface area (Å²) in [4.78, 5) is 4.26. The Balaban J connectivity index is 2.21. The average molecular weight is 204 g/mol. The second kappa shape index (κ2) is 3.61. The SMILES string of the molecule is Cc1cc(Nc2ccc(N)c(C)n2)no1. The van der Waals surface area contributed by atoms with Crippen molar-refractivity contribution >= 4 is 17.3 Å². The maximum absolute atomic E-state index is 5.66. The minimum atomic E-state index is 0.643. The molecule has 2 rings (SSSR count). The van der Waals surface area contributed by atoms with Gasteiger partial charge in [-0.15, -0.1) is 0 Å². The first-order valence-corrected chi connectivity index (χ1v) is 4.58. The van der Waals surface area contributed by atoms with Gasteiger partial charge in [0.1, 0.15) is 11.6 Å². The molecule has 0 amide bonds. The van der Waals surface area contributed by atoms with Gasteiger partial charge in [0, 0.05) is 6.07 Å². The van der Waals surface area contributed by atoms with E-state index >= 15 is 0 Å². The van der Waals surface area contributed by atoms with Crippen LogP contribution in [0.4, 0.5) is 17.3 Å². The first kappa shape index (κ1) is 9.51. The molecule has 0 radical (unpaired) electrons. The highest BCUT2D eigenvalue weighted by molar-refractivity contribution is 5.55. The number of anilines is 3. The standard InChI is InChI=1S/C10H12N4O/c1-6-5-10(14-15-6)13-9-4-3-8(11)7(2)12-9/h3-5H,11H2,1-2H3,(H,12,13,14). The highest BCUT2D eigenvalue weighted by atomic mass is 16.5. The first-order chi connectivity index (χ1) is 7.15. The van der Waals surface area contributed by atoms with Gasteiger partial charge >= 0.3 is 0 Å². The van der Waals surface area contributed by atoms with E-state index in [2.05, 4.69) is 15.5 Å². The molecule has 0 bridgehead atoms. The van der Waals surface area contributed by atoms with Crippen molar-refractivity contribution in [1.29, 1.82) is 0 Å². The van der Waals surface area contributed by atoms with Crippen molar-refractivity contribution in [3.63, 3.8) is 0 Å². The highest BCUT2D eigenvalue weighted by Crippen LogP contribution is 2.16. The lowest BCUT2D eigenvalue weighted by molar-refractivity contribution is 0.400. The van der Waals surface area contributed by atoms with Crippen LogP contribution < -0.4 is 11.1 Å². The summed E-state index contributed by atoms with van der Waals surface area (Å²) in [5.74, 6) is 2.10. The number of pyridine rings is 1. The lowest BCUT2D eigenvalue weighted by Crippen LogP contribution is -1.98. The minimum absolute atomic E-state index is 0.643. The molecule has 0 saturated heterocycles. The third-order valence-corrected chi connectivity index (χ3v) is 2.01. The summed E-state index contributed by atoms with van der Waals surface area (Å²) in [6.07, 6.45) is 0. The topological polar surface area (TPSA) is 77.0 Å². The Labute approximate surface area is 87.3 Å². The van der Waals surface area contributed by atoms with E-state index in [1.165, 1.54) is 0 Å². The van der Waals surface area contributed by atoms with Crippen LogP contribution in [0.15, 0.2) is 22.7 Å². The van der Waals surface area contributed by atoms with Gasteiger partial charge in [0.25, 0.3) is 0 Å². The van der Waals surface area contributed by atoms with Crippen LogP contribution in [0.25, 0.3) is 0 Å². The van der Waals surface area contributed by atoms with Gasteiger partial charge in [-0.2, -0.15) is 0 Å². The summed E-state index contributed by atoms with van der Waals surface area (Å²) >= 11 is 0. The van der Waals surface area contributed by atoms with Crippen molar-refractivity contribution in [3.05, 3.63) is 29.7 Å². The maximum Gasteiger partial charge on any atom is 0.175 e. The van der Waals surface area contributed by atoms with Crippen LogP contribution >= 0.6 is 0 Å². The molecule has 0 fully saturated rings. The smallest absolute Gasteiger partial charge is 0.175 e. The fourth-order valence-corrected chi connectivity index (χ4v) is 1.20. The van der Waals surface area contributed by atoms with Crippen molar-refractivity contribution in [2.24, 2.45) is 0 Å². The predicted octanol–water partition coefficient (Wildman–Crippen LogP) is 2.01. The Bertz CT molecular complexity index is 478. The summed E-state index contributed by atoms with van der Waals surface area (Å²) in [5.41, 5.74) is 7.13. The van der Waals surface area contributed by atoms with Gasteiger partial charge in [0.15, 0.2) is 5.82 Å². The Hall–Kier alpha value is -2.04. The molecule has 0 unspecified atom stereocenters. The summed E-state index contributed by atoms with van der Waals surface area (Å²) in [6, 6.07) is 5.40. The van der Waals surface area contributed by atoms with E-state index in [1.807, 2.05) is 13.8 Å². The summed E-state index contributed by atoms with van der Waals surface area (Å²) in [7, 11) is 0. The molecule has 0 aliphatic rings. The molecule has 78 valence electrons. The third kappa shape index (κ3) is 2.07.